The number of hydrogen-bond donors (Lipinski definition) is 0. The smallest absolute Gasteiger partial charge is 0.348 e. The number of thiazole rings is 1. The minimum absolute atomic E-state index is 0.0296. The number of piperidine rings is 1. The predicted octanol–water partition coefficient (Wildman–Crippen LogP) is 4.13. The second-order valence-electron chi connectivity index (χ2n) is 7.16. The Balaban J connectivity index is 1.43. The summed E-state index contributed by atoms with van der Waals surface area (Å²) in [5.74, 6) is -0.0296. The Morgan fingerprint density at radius 2 is 1.90 bits per heavy atom. The molecule has 2 fully saturated rings. The quantitative estimate of drug-likeness (QED) is 0.738. The van der Waals surface area contributed by atoms with Crippen molar-refractivity contribution in [2.45, 2.75) is 44.2 Å². The van der Waals surface area contributed by atoms with Gasteiger partial charge in [-0.25, -0.2) is 4.98 Å². The molecule has 5 nitrogen and oxygen atoms in total. The molecule has 1 atom stereocenters. The number of hydrogen-bond acceptors (Lipinski definition) is 5. The molecule has 2 aliphatic heterocycles. The second-order valence-corrected chi connectivity index (χ2v) is 8.01. The Morgan fingerprint density at radius 3 is 2.59 bits per heavy atom. The Bertz CT molecular complexity index is 847. The van der Waals surface area contributed by atoms with Gasteiger partial charge in [0.1, 0.15) is 5.01 Å². The second kappa shape index (κ2) is 8.41. The van der Waals surface area contributed by atoms with Crippen molar-refractivity contribution < 1.29 is 27.4 Å². The third-order valence-electron chi connectivity index (χ3n) is 5.17. The SMILES string of the molecule is O=C(Cc1csc(-c2ccc(C(F)(F)F)cc2)n1)N1CCCCC1C1OCCO1. The van der Waals surface area contributed by atoms with E-state index in [-0.39, 0.29) is 24.7 Å². The molecule has 0 spiro atoms. The van der Waals surface area contributed by atoms with E-state index >= 15 is 0 Å². The number of halogens is 3. The van der Waals surface area contributed by atoms with E-state index in [9.17, 15) is 18.0 Å². The highest BCUT2D eigenvalue weighted by Gasteiger charge is 2.36. The van der Waals surface area contributed by atoms with Crippen molar-refractivity contribution in [3.8, 4) is 10.6 Å². The Morgan fingerprint density at radius 1 is 1.17 bits per heavy atom. The summed E-state index contributed by atoms with van der Waals surface area (Å²) in [7, 11) is 0. The molecule has 0 aliphatic carbocycles. The molecule has 2 aromatic rings. The van der Waals surface area contributed by atoms with Crippen molar-refractivity contribution in [2.24, 2.45) is 0 Å². The highest BCUT2D eigenvalue weighted by Crippen LogP contribution is 2.32. The van der Waals surface area contributed by atoms with Crippen LogP contribution in [0.15, 0.2) is 29.6 Å². The Labute approximate surface area is 170 Å². The summed E-state index contributed by atoms with van der Waals surface area (Å²) in [4.78, 5) is 19.2. The normalized spacial score (nSPS) is 20.9. The molecule has 0 saturated carbocycles. The van der Waals surface area contributed by atoms with Crippen LogP contribution in [0.4, 0.5) is 13.2 Å². The standard InChI is InChI=1S/C20H21F3N2O3S/c21-20(22,23)14-6-4-13(5-7-14)18-24-15(12-29-18)11-17(26)25-8-2-1-3-16(25)19-27-9-10-28-19/h4-7,12,16,19H,1-3,8-11H2. The molecular weight excluding hydrogens is 405 g/mol. The first kappa shape index (κ1) is 20.3. The van der Waals surface area contributed by atoms with Gasteiger partial charge in [-0.3, -0.25) is 4.79 Å². The van der Waals surface area contributed by atoms with Gasteiger partial charge in [-0.05, 0) is 31.4 Å². The van der Waals surface area contributed by atoms with E-state index in [2.05, 4.69) is 4.98 Å². The van der Waals surface area contributed by atoms with Gasteiger partial charge in [0, 0.05) is 17.5 Å². The van der Waals surface area contributed by atoms with Crippen molar-refractivity contribution >= 4 is 17.2 Å². The molecule has 1 unspecified atom stereocenters. The lowest BCUT2D eigenvalue weighted by Crippen LogP contribution is -2.50. The van der Waals surface area contributed by atoms with Crippen LogP contribution in [-0.2, 0) is 26.9 Å². The summed E-state index contributed by atoms with van der Waals surface area (Å²) in [6.45, 7) is 1.76. The van der Waals surface area contributed by atoms with Gasteiger partial charge in [-0.1, -0.05) is 12.1 Å². The van der Waals surface area contributed by atoms with Crippen LogP contribution in [0, 0.1) is 0 Å². The molecule has 4 rings (SSSR count). The molecule has 29 heavy (non-hydrogen) atoms. The van der Waals surface area contributed by atoms with Crippen molar-refractivity contribution in [1.29, 1.82) is 0 Å². The highest BCUT2D eigenvalue weighted by molar-refractivity contribution is 7.13. The van der Waals surface area contributed by atoms with Gasteiger partial charge in [-0.15, -0.1) is 11.3 Å². The molecule has 3 heterocycles. The molecule has 1 aromatic carbocycles. The van der Waals surface area contributed by atoms with E-state index in [1.165, 1.54) is 23.5 Å². The van der Waals surface area contributed by atoms with Gasteiger partial charge >= 0.3 is 6.18 Å². The number of alkyl halides is 3. The van der Waals surface area contributed by atoms with E-state index in [0.717, 1.165) is 31.4 Å². The molecule has 9 heteroatoms. The molecule has 1 amide bonds. The summed E-state index contributed by atoms with van der Waals surface area (Å²) in [6.07, 6.45) is -1.74. The molecule has 156 valence electrons. The maximum absolute atomic E-state index is 12.9. The summed E-state index contributed by atoms with van der Waals surface area (Å²) < 4.78 is 49.4. The number of aromatic nitrogens is 1. The van der Waals surface area contributed by atoms with E-state index in [4.69, 9.17) is 9.47 Å². The zero-order chi connectivity index (χ0) is 20.4. The molecular formula is C20H21F3N2O3S. The van der Waals surface area contributed by atoms with Crippen LogP contribution in [0.1, 0.15) is 30.5 Å². The van der Waals surface area contributed by atoms with E-state index in [1.807, 2.05) is 4.90 Å². The summed E-state index contributed by atoms with van der Waals surface area (Å²) in [6, 6.07) is 4.82. The van der Waals surface area contributed by atoms with Crippen LogP contribution in [0.5, 0.6) is 0 Å². The number of likely N-dealkylation sites (tertiary alicyclic amines) is 1. The summed E-state index contributed by atoms with van der Waals surface area (Å²) in [5, 5.41) is 2.38. The third kappa shape index (κ3) is 4.62. The number of carbonyl (C=O) groups excluding carboxylic acids is 1. The Hall–Kier alpha value is -1.97. The molecule has 2 saturated heterocycles. The van der Waals surface area contributed by atoms with Crippen LogP contribution in [0.2, 0.25) is 0 Å². The number of ether oxygens (including phenoxy) is 2. The number of nitrogens with zero attached hydrogens (tertiary/aromatic N) is 2. The van der Waals surface area contributed by atoms with Crippen LogP contribution < -0.4 is 0 Å². The van der Waals surface area contributed by atoms with E-state index in [1.54, 1.807) is 5.38 Å². The van der Waals surface area contributed by atoms with Gasteiger partial charge in [0.2, 0.25) is 5.91 Å². The van der Waals surface area contributed by atoms with Crippen LogP contribution in [-0.4, -0.2) is 47.9 Å². The topological polar surface area (TPSA) is 51.7 Å². The van der Waals surface area contributed by atoms with Crippen LogP contribution in [0.25, 0.3) is 10.6 Å². The predicted molar refractivity (Wildman–Crippen MR) is 101 cm³/mol. The minimum Gasteiger partial charge on any atom is -0.348 e. The minimum atomic E-state index is -4.36. The molecule has 0 bridgehead atoms. The maximum atomic E-state index is 12.9. The number of rotatable bonds is 4. The lowest BCUT2D eigenvalue weighted by Gasteiger charge is -2.38. The fourth-order valence-electron chi connectivity index (χ4n) is 3.73. The van der Waals surface area contributed by atoms with E-state index < -0.39 is 11.7 Å². The van der Waals surface area contributed by atoms with Crippen molar-refractivity contribution in [3.63, 3.8) is 0 Å². The first-order valence-electron chi connectivity index (χ1n) is 9.56. The first-order chi connectivity index (χ1) is 13.9. The van der Waals surface area contributed by atoms with Crippen molar-refractivity contribution in [1.82, 2.24) is 9.88 Å². The van der Waals surface area contributed by atoms with E-state index in [0.29, 0.717) is 36.0 Å². The fraction of sp³-hybridized carbons (Fsp3) is 0.500. The molecule has 0 N–H and O–H groups in total. The zero-order valence-corrected chi connectivity index (χ0v) is 16.5. The van der Waals surface area contributed by atoms with Crippen molar-refractivity contribution in [2.75, 3.05) is 19.8 Å². The Kier molecular flexibility index (Phi) is 5.89. The molecule has 0 radical (unpaired) electrons. The summed E-state index contributed by atoms with van der Waals surface area (Å²) in [5.41, 5.74) is 0.526. The van der Waals surface area contributed by atoms with Gasteiger partial charge in [0.15, 0.2) is 6.29 Å². The van der Waals surface area contributed by atoms with Crippen LogP contribution >= 0.6 is 11.3 Å². The highest BCUT2D eigenvalue weighted by atomic mass is 32.1. The molecule has 1 aromatic heterocycles. The van der Waals surface area contributed by atoms with Gasteiger partial charge in [0.25, 0.3) is 0 Å². The zero-order valence-electron chi connectivity index (χ0n) is 15.7. The lowest BCUT2D eigenvalue weighted by molar-refractivity contribution is -0.150. The first-order valence-corrected chi connectivity index (χ1v) is 10.4. The summed E-state index contributed by atoms with van der Waals surface area (Å²) >= 11 is 1.32. The largest absolute Gasteiger partial charge is 0.416 e. The molecule has 2 aliphatic rings. The average Bonchev–Trinajstić information content (AvgIpc) is 3.40. The average molecular weight is 426 g/mol. The van der Waals surface area contributed by atoms with Gasteiger partial charge in [-0.2, -0.15) is 13.2 Å². The number of benzene rings is 1. The maximum Gasteiger partial charge on any atom is 0.416 e. The third-order valence-corrected chi connectivity index (χ3v) is 6.11. The fourth-order valence-corrected chi connectivity index (χ4v) is 4.55. The number of amides is 1. The van der Waals surface area contributed by atoms with Gasteiger partial charge < -0.3 is 14.4 Å². The lowest BCUT2D eigenvalue weighted by atomic mass is 10.0. The van der Waals surface area contributed by atoms with Crippen LogP contribution in [0.3, 0.4) is 0 Å². The monoisotopic (exact) mass is 426 g/mol. The van der Waals surface area contributed by atoms with Crippen molar-refractivity contribution in [3.05, 3.63) is 40.9 Å². The van der Waals surface area contributed by atoms with Gasteiger partial charge in [0.05, 0.1) is 36.9 Å². The number of carbonyl (C=O) groups is 1.